The molecule has 0 aromatic heterocycles. The van der Waals surface area contributed by atoms with Crippen molar-refractivity contribution in [3.05, 3.63) is 29.8 Å². The van der Waals surface area contributed by atoms with Gasteiger partial charge in [-0.1, -0.05) is 6.07 Å². The highest BCUT2D eigenvalue weighted by Crippen LogP contribution is 2.17. The molecule has 150 valence electrons. The number of hydrogen-bond acceptors (Lipinski definition) is 5. The number of hydrogen-bond donors (Lipinski definition) is 1. The lowest BCUT2D eigenvalue weighted by Crippen LogP contribution is -2.53. The summed E-state index contributed by atoms with van der Waals surface area (Å²) in [5.41, 5.74) is 0.365. The average molecular weight is 416 g/mol. The third-order valence-corrected chi connectivity index (χ3v) is 6.14. The minimum atomic E-state index is -3.35. The largest absolute Gasteiger partial charge is 0.339 e. The molecule has 0 saturated carbocycles. The Morgan fingerprint density at radius 2 is 1.78 bits per heavy atom. The molecule has 1 N–H and O–H groups in total. The number of carbonyl (C=O) groups excluding carboxylic acids is 2. The van der Waals surface area contributed by atoms with Crippen molar-refractivity contribution in [2.45, 2.75) is 17.7 Å². The fraction of sp³-hybridized carbons (Fsp3) is 0.556. The Morgan fingerprint density at radius 1 is 1.11 bits per heavy atom. The normalized spacial score (nSPS) is 20.7. The maximum absolute atomic E-state index is 12.7. The lowest BCUT2D eigenvalue weighted by Gasteiger charge is -2.37. The first-order valence-electron chi connectivity index (χ1n) is 8.95. The van der Waals surface area contributed by atoms with E-state index in [0.29, 0.717) is 31.7 Å². The van der Waals surface area contributed by atoms with Crippen LogP contribution in [0.2, 0.25) is 0 Å². The van der Waals surface area contributed by atoms with Crippen LogP contribution in [0.4, 0.5) is 0 Å². The Bertz CT molecular complexity index is 786. The van der Waals surface area contributed by atoms with Crippen molar-refractivity contribution < 1.29 is 18.0 Å². The van der Waals surface area contributed by atoms with Gasteiger partial charge in [0.2, 0.25) is 5.91 Å². The van der Waals surface area contributed by atoms with Crippen LogP contribution in [0.15, 0.2) is 29.2 Å². The fourth-order valence-electron chi connectivity index (χ4n) is 3.49. The van der Waals surface area contributed by atoms with Crippen LogP contribution < -0.4 is 5.32 Å². The number of nitrogens with one attached hydrogen (secondary N) is 1. The van der Waals surface area contributed by atoms with E-state index in [9.17, 15) is 18.0 Å². The number of halogens is 1. The van der Waals surface area contributed by atoms with Crippen LogP contribution in [0.25, 0.3) is 0 Å². The van der Waals surface area contributed by atoms with Crippen LogP contribution in [-0.2, 0) is 14.6 Å². The van der Waals surface area contributed by atoms with Gasteiger partial charge in [0.25, 0.3) is 5.91 Å². The maximum atomic E-state index is 12.7. The first-order chi connectivity index (χ1) is 12.4. The predicted octanol–water partition coefficient (Wildman–Crippen LogP) is 0.796. The van der Waals surface area contributed by atoms with Gasteiger partial charge < -0.3 is 15.1 Å². The second-order valence-corrected chi connectivity index (χ2v) is 8.98. The predicted molar refractivity (Wildman–Crippen MR) is 105 cm³/mol. The van der Waals surface area contributed by atoms with Crippen LogP contribution >= 0.6 is 12.4 Å². The summed E-state index contributed by atoms with van der Waals surface area (Å²) < 4.78 is 23.4. The molecule has 0 radical (unpaired) electrons. The number of nitrogens with zero attached hydrogens (tertiary/aromatic N) is 2. The summed E-state index contributed by atoms with van der Waals surface area (Å²) in [5.74, 6) is 0.0164. The van der Waals surface area contributed by atoms with E-state index in [-0.39, 0.29) is 35.0 Å². The van der Waals surface area contributed by atoms with Gasteiger partial charge in [0.05, 0.1) is 10.8 Å². The van der Waals surface area contributed by atoms with E-state index in [1.165, 1.54) is 12.1 Å². The van der Waals surface area contributed by atoms with Crippen molar-refractivity contribution >= 4 is 34.1 Å². The highest BCUT2D eigenvalue weighted by Gasteiger charge is 2.30. The summed E-state index contributed by atoms with van der Waals surface area (Å²) in [6, 6.07) is 6.12. The topological polar surface area (TPSA) is 86.8 Å². The molecule has 2 aliphatic rings. The third-order valence-electron chi connectivity index (χ3n) is 5.03. The highest BCUT2D eigenvalue weighted by molar-refractivity contribution is 7.90. The number of piperazine rings is 1. The molecular formula is C18H26ClN3O4S. The zero-order valence-corrected chi connectivity index (χ0v) is 17.0. The molecule has 0 spiro atoms. The molecule has 0 aliphatic carbocycles. The maximum Gasteiger partial charge on any atom is 0.254 e. The van der Waals surface area contributed by atoms with Gasteiger partial charge in [0.15, 0.2) is 9.84 Å². The van der Waals surface area contributed by atoms with Gasteiger partial charge in [-0.05, 0) is 37.6 Å². The number of benzene rings is 1. The molecule has 0 bridgehead atoms. The lowest BCUT2D eigenvalue weighted by atomic mass is 9.98. The SMILES string of the molecule is CS(=O)(=O)c1cccc(C(=O)N2CCN(C(=O)C3CCCNC3)CC2)c1.Cl. The Morgan fingerprint density at radius 3 is 2.37 bits per heavy atom. The first-order valence-corrected chi connectivity index (χ1v) is 10.8. The second kappa shape index (κ2) is 9.03. The Balaban J connectivity index is 0.00000261. The monoisotopic (exact) mass is 415 g/mol. The first kappa shape index (κ1) is 21.7. The molecule has 9 heteroatoms. The van der Waals surface area contributed by atoms with Crippen molar-refractivity contribution in [1.29, 1.82) is 0 Å². The Hall–Kier alpha value is -1.64. The Kier molecular flexibility index (Phi) is 7.25. The molecular weight excluding hydrogens is 390 g/mol. The number of amides is 2. The van der Waals surface area contributed by atoms with Crippen LogP contribution in [0, 0.1) is 5.92 Å². The van der Waals surface area contributed by atoms with E-state index >= 15 is 0 Å². The van der Waals surface area contributed by atoms with Gasteiger partial charge in [-0.25, -0.2) is 8.42 Å². The molecule has 7 nitrogen and oxygen atoms in total. The Labute approximate surface area is 166 Å². The fourth-order valence-corrected chi connectivity index (χ4v) is 4.16. The second-order valence-electron chi connectivity index (χ2n) is 6.96. The standard InChI is InChI=1S/C18H25N3O4S.ClH/c1-26(24,25)16-6-2-4-14(12-16)17(22)20-8-10-21(11-9-20)18(23)15-5-3-7-19-13-15;/h2,4,6,12,15,19H,3,5,7-11,13H2,1H3;1H. The molecule has 2 saturated heterocycles. The van der Waals surface area contributed by atoms with E-state index < -0.39 is 9.84 Å². The summed E-state index contributed by atoms with van der Waals surface area (Å²) in [4.78, 5) is 28.9. The van der Waals surface area contributed by atoms with E-state index in [0.717, 1.165) is 32.2 Å². The van der Waals surface area contributed by atoms with Gasteiger partial charge in [0.1, 0.15) is 0 Å². The van der Waals surface area contributed by atoms with Crippen molar-refractivity contribution in [3.63, 3.8) is 0 Å². The number of rotatable bonds is 3. The minimum Gasteiger partial charge on any atom is -0.339 e. The van der Waals surface area contributed by atoms with Crippen molar-refractivity contribution in [1.82, 2.24) is 15.1 Å². The van der Waals surface area contributed by atoms with Gasteiger partial charge >= 0.3 is 0 Å². The van der Waals surface area contributed by atoms with Crippen molar-refractivity contribution in [3.8, 4) is 0 Å². The molecule has 3 rings (SSSR count). The molecule has 2 fully saturated rings. The average Bonchev–Trinajstić information content (AvgIpc) is 2.67. The quantitative estimate of drug-likeness (QED) is 0.788. The van der Waals surface area contributed by atoms with E-state index in [2.05, 4.69) is 5.32 Å². The van der Waals surface area contributed by atoms with Gasteiger partial charge in [0, 0.05) is 44.5 Å². The summed E-state index contributed by atoms with van der Waals surface area (Å²) in [6.45, 7) is 3.68. The summed E-state index contributed by atoms with van der Waals surface area (Å²) >= 11 is 0. The molecule has 1 aromatic carbocycles. The van der Waals surface area contributed by atoms with Crippen LogP contribution in [0.5, 0.6) is 0 Å². The van der Waals surface area contributed by atoms with Crippen LogP contribution in [0.3, 0.4) is 0 Å². The van der Waals surface area contributed by atoms with Gasteiger partial charge in [-0.3, -0.25) is 9.59 Å². The van der Waals surface area contributed by atoms with E-state index in [1.807, 2.05) is 4.90 Å². The summed E-state index contributed by atoms with van der Waals surface area (Å²) in [6.07, 6.45) is 3.07. The molecule has 1 aromatic rings. The zero-order valence-electron chi connectivity index (χ0n) is 15.4. The zero-order chi connectivity index (χ0) is 18.7. The molecule has 1 atom stereocenters. The summed E-state index contributed by atoms with van der Waals surface area (Å²) in [5, 5.41) is 3.26. The van der Waals surface area contributed by atoms with Crippen LogP contribution in [0.1, 0.15) is 23.2 Å². The van der Waals surface area contributed by atoms with Crippen molar-refractivity contribution in [2.75, 3.05) is 45.5 Å². The molecule has 2 aliphatic heterocycles. The van der Waals surface area contributed by atoms with Crippen molar-refractivity contribution in [2.24, 2.45) is 5.92 Å². The molecule has 1 unspecified atom stereocenters. The minimum absolute atomic E-state index is 0. The lowest BCUT2D eigenvalue weighted by molar-refractivity contribution is -0.137. The van der Waals surface area contributed by atoms with E-state index in [4.69, 9.17) is 0 Å². The highest BCUT2D eigenvalue weighted by atomic mass is 35.5. The molecule has 2 heterocycles. The third kappa shape index (κ3) is 5.21. The molecule has 2 amide bonds. The smallest absolute Gasteiger partial charge is 0.254 e. The van der Waals surface area contributed by atoms with E-state index in [1.54, 1.807) is 17.0 Å². The van der Waals surface area contributed by atoms with Gasteiger partial charge in [-0.2, -0.15) is 0 Å². The summed E-state index contributed by atoms with van der Waals surface area (Å²) in [7, 11) is -3.35. The number of sulfone groups is 1. The molecule has 27 heavy (non-hydrogen) atoms. The van der Waals surface area contributed by atoms with Crippen LogP contribution in [-0.4, -0.2) is 75.6 Å². The number of piperidine rings is 1. The van der Waals surface area contributed by atoms with Gasteiger partial charge in [-0.15, -0.1) is 12.4 Å². The number of carbonyl (C=O) groups is 2.